The molecule has 118 valence electrons. The molecule has 1 aromatic rings. The van der Waals surface area contributed by atoms with Crippen molar-refractivity contribution in [2.24, 2.45) is 5.73 Å². The second-order valence-electron chi connectivity index (χ2n) is 7.04. The van der Waals surface area contributed by atoms with Gasteiger partial charge in [0.05, 0.1) is 16.8 Å². The Hall–Kier alpha value is -1.53. The Bertz CT molecular complexity index is 595. The van der Waals surface area contributed by atoms with Gasteiger partial charge in [-0.05, 0) is 40.2 Å². The second kappa shape index (κ2) is 5.00. The van der Waals surface area contributed by atoms with E-state index < -0.39 is 24.2 Å². The van der Waals surface area contributed by atoms with Crippen LogP contribution in [-0.4, -0.2) is 37.3 Å². The van der Waals surface area contributed by atoms with Gasteiger partial charge in [0.2, 0.25) is 0 Å². The highest BCUT2D eigenvalue weighted by molar-refractivity contribution is 6.64. The number of rotatable bonds is 3. The lowest BCUT2D eigenvalue weighted by Gasteiger charge is -2.36. The summed E-state index contributed by atoms with van der Waals surface area (Å²) in [7, 11) is -0.486. The molecular weight excluding hydrogens is 279 g/mol. The highest BCUT2D eigenvalue weighted by Crippen LogP contribution is 2.37. The van der Waals surface area contributed by atoms with Gasteiger partial charge in [0, 0.05) is 24.2 Å². The summed E-state index contributed by atoms with van der Waals surface area (Å²) < 4.78 is 12.3. The van der Waals surface area contributed by atoms with E-state index in [9.17, 15) is 4.79 Å². The number of nitrogens with zero attached hydrogens (tertiary/aromatic N) is 1. The molecular formula is C16H23BN2O3. The minimum Gasteiger partial charge on any atom is -0.399 e. The molecule has 0 radical (unpaired) electrons. The third-order valence-electron chi connectivity index (χ3n) is 5.01. The third kappa shape index (κ3) is 2.30. The Labute approximate surface area is 131 Å². The molecule has 1 amide bonds. The van der Waals surface area contributed by atoms with E-state index in [0.29, 0.717) is 5.56 Å². The van der Waals surface area contributed by atoms with E-state index in [-0.39, 0.29) is 0 Å². The van der Waals surface area contributed by atoms with Crippen molar-refractivity contribution < 1.29 is 14.1 Å². The maximum absolute atomic E-state index is 11.8. The molecule has 2 aliphatic heterocycles. The van der Waals surface area contributed by atoms with Crippen molar-refractivity contribution in [3.63, 3.8) is 0 Å². The third-order valence-corrected chi connectivity index (χ3v) is 5.01. The van der Waals surface area contributed by atoms with E-state index >= 15 is 0 Å². The molecule has 0 aromatic heterocycles. The van der Waals surface area contributed by atoms with E-state index in [1.54, 1.807) is 6.07 Å². The molecule has 3 rings (SSSR count). The summed E-state index contributed by atoms with van der Waals surface area (Å²) in [5.74, 6) is -0.416. The Morgan fingerprint density at radius 3 is 2.23 bits per heavy atom. The van der Waals surface area contributed by atoms with Crippen LogP contribution < -0.4 is 16.1 Å². The van der Waals surface area contributed by atoms with Crippen LogP contribution in [0.25, 0.3) is 0 Å². The van der Waals surface area contributed by atoms with Crippen LogP contribution in [-0.2, 0) is 9.31 Å². The average molecular weight is 302 g/mol. The van der Waals surface area contributed by atoms with Crippen LogP contribution in [0, 0.1) is 0 Å². The largest absolute Gasteiger partial charge is 0.496 e. The van der Waals surface area contributed by atoms with Gasteiger partial charge in [-0.25, -0.2) is 0 Å². The summed E-state index contributed by atoms with van der Waals surface area (Å²) in [6.45, 7) is 9.94. The summed E-state index contributed by atoms with van der Waals surface area (Å²) >= 11 is 0. The van der Waals surface area contributed by atoms with Crippen LogP contribution in [0.15, 0.2) is 18.2 Å². The normalized spacial score (nSPS) is 22.5. The molecule has 1 aromatic carbocycles. The Kier molecular flexibility index (Phi) is 3.49. The summed E-state index contributed by atoms with van der Waals surface area (Å²) in [6.07, 6.45) is 1.12. The van der Waals surface area contributed by atoms with Crippen LogP contribution in [0.5, 0.6) is 0 Å². The Morgan fingerprint density at radius 2 is 1.77 bits per heavy atom. The van der Waals surface area contributed by atoms with Crippen molar-refractivity contribution >= 4 is 24.2 Å². The van der Waals surface area contributed by atoms with Crippen molar-refractivity contribution in [2.75, 3.05) is 18.0 Å². The van der Waals surface area contributed by atoms with Gasteiger partial charge in [-0.2, -0.15) is 0 Å². The standard InChI is InChI=1S/C16H23BN2O3/c1-15(2)16(3,4)22-17(21-15)12-8-5-7-11(14(18)20)13(12)19-9-6-10-19/h5,7-8H,6,9-10H2,1-4H3,(H2,18,20). The number of anilines is 1. The lowest BCUT2D eigenvalue weighted by molar-refractivity contribution is 0.00578. The van der Waals surface area contributed by atoms with Crippen LogP contribution >= 0.6 is 0 Å². The van der Waals surface area contributed by atoms with Gasteiger partial charge in [-0.1, -0.05) is 12.1 Å². The van der Waals surface area contributed by atoms with Gasteiger partial charge in [-0.3, -0.25) is 4.79 Å². The Morgan fingerprint density at radius 1 is 1.18 bits per heavy atom. The number of benzene rings is 1. The fourth-order valence-electron chi connectivity index (χ4n) is 2.81. The zero-order valence-electron chi connectivity index (χ0n) is 13.7. The van der Waals surface area contributed by atoms with Crippen molar-refractivity contribution in [2.45, 2.75) is 45.3 Å². The Balaban J connectivity index is 2.04. The van der Waals surface area contributed by atoms with E-state index in [1.807, 2.05) is 39.8 Å². The first-order valence-corrected chi connectivity index (χ1v) is 7.76. The van der Waals surface area contributed by atoms with Crippen LogP contribution in [0.3, 0.4) is 0 Å². The van der Waals surface area contributed by atoms with Gasteiger partial charge in [0.25, 0.3) is 5.91 Å². The maximum atomic E-state index is 11.8. The average Bonchev–Trinajstić information content (AvgIpc) is 2.56. The minimum absolute atomic E-state index is 0.410. The van der Waals surface area contributed by atoms with Crippen molar-refractivity contribution in [1.82, 2.24) is 0 Å². The maximum Gasteiger partial charge on any atom is 0.496 e. The minimum atomic E-state index is -0.486. The monoisotopic (exact) mass is 302 g/mol. The molecule has 6 heteroatoms. The molecule has 2 fully saturated rings. The highest BCUT2D eigenvalue weighted by Gasteiger charge is 2.52. The molecule has 0 bridgehead atoms. The zero-order valence-corrected chi connectivity index (χ0v) is 13.7. The quantitative estimate of drug-likeness (QED) is 0.855. The number of primary amides is 1. The number of nitrogens with two attached hydrogens (primary N) is 1. The molecule has 0 saturated carbocycles. The molecule has 0 unspecified atom stereocenters. The fraction of sp³-hybridized carbons (Fsp3) is 0.562. The summed E-state index contributed by atoms with van der Waals surface area (Å²) in [5, 5.41) is 0. The van der Waals surface area contributed by atoms with E-state index in [0.717, 1.165) is 30.7 Å². The van der Waals surface area contributed by atoms with Gasteiger partial charge in [0.15, 0.2) is 0 Å². The predicted molar refractivity (Wildman–Crippen MR) is 87.5 cm³/mol. The summed E-state index contributed by atoms with van der Waals surface area (Å²) in [5.41, 5.74) is 7.02. The highest BCUT2D eigenvalue weighted by atomic mass is 16.7. The molecule has 2 heterocycles. The number of hydrogen-bond acceptors (Lipinski definition) is 4. The molecule has 2 N–H and O–H groups in total. The first-order valence-electron chi connectivity index (χ1n) is 7.76. The molecule has 0 atom stereocenters. The number of hydrogen-bond donors (Lipinski definition) is 1. The van der Waals surface area contributed by atoms with Gasteiger partial charge in [0.1, 0.15) is 0 Å². The molecule has 2 saturated heterocycles. The van der Waals surface area contributed by atoms with Crippen LogP contribution in [0.2, 0.25) is 0 Å². The van der Waals surface area contributed by atoms with Crippen molar-refractivity contribution in [1.29, 1.82) is 0 Å². The summed E-state index contributed by atoms with van der Waals surface area (Å²) in [6, 6.07) is 5.57. The van der Waals surface area contributed by atoms with Crippen LogP contribution in [0.4, 0.5) is 5.69 Å². The summed E-state index contributed by atoms with van der Waals surface area (Å²) in [4.78, 5) is 14.0. The lowest BCUT2D eigenvalue weighted by atomic mass is 9.76. The van der Waals surface area contributed by atoms with E-state index in [2.05, 4.69) is 4.90 Å². The van der Waals surface area contributed by atoms with E-state index in [1.165, 1.54) is 0 Å². The van der Waals surface area contributed by atoms with Gasteiger partial charge < -0.3 is 19.9 Å². The van der Waals surface area contributed by atoms with Gasteiger partial charge in [-0.15, -0.1) is 0 Å². The zero-order chi connectivity index (χ0) is 16.1. The van der Waals surface area contributed by atoms with Gasteiger partial charge >= 0.3 is 7.12 Å². The molecule has 22 heavy (non-hydrogen) atoms. The van der Waals surface area contributed by atoms with Crippen molar-refractivity contribution in [3.05, 3.63) is 23.8 Å². The first-order chi connectivity index (χ1) is 10.2. The molecule has 0 spiro atoms. The second-order valence-corrected chi connectivity index (χ2v) is 7.04. The van der Waals surface area contributed by atoms with Crippen LogP contribution in [0.1, 0.15) is 44.5 Å². The number of para-hydroxylation sites is 1. The number of amides is 1. The number of carbonyl (C=O) groups excluding carboxylic acids is 1. The SMILES string of the molecule is CC1(C)OB(c2cccc(C(N)=O)c2N2CCC2)OC1(C)C. The van der Waals surface area contributed by atoms with E-state index in [4.69, 9.17) is 15.0 Å². The molecule has 2 aliphatic rings. The molecule has 5 nitrogen and oxygen atoms in total. The molecule has 0 aliphatic carbocycles. The fourth-order valence-corrected chi connectivity index (χ4v) is 2.81. The van der Waals surface area contributed by atoms with Crippen molar-refractivity contribution in [3.8, 4) is 0 Å². The topological polar surface area (TPSA) is 64.8 Å². The number of carbonyl (C=O) groups is 1. The lowest BCUT2D eigenvalue weighted by Crippen LogP contribution is -2.46. The predicted octanol–water partition coefficient (Wildman–Crippen LogP) is 1.29. The first kappa shape index (κ1) is 15.4. The smallest absolute Gasteiger partial charge is 0.399 e.